The number of rotatable bonds is 8. The van der Waals surface area contributed by atoms with Gasteiger partial charge in [-0.05, 0) is 63.5 Å². The Balaban J connectivity index is 1.86. The number of ether oxygens (including phenoxy) is 4. The smallest absolute Gasteiger partial charge is 0.295 e. The molecule has 0 bridgehead atoms. The molecule has 0 radical (unpaired) electrons. The summed E-state index contributed by atoms with van der Waals surface area (Å²) >= 11 is 0. The van der Waals surface area contributed by atoms with E-state index in [-0.39, 0.29) is 18.1 Å². The minimum Gasteiger partial charge on any atom is -0.507 e. The Hall–Kier alpha value is -3.72. The van der Waals surface area contributed by atoms with Gasteiger partial charge in [0.15, 0.2) is 11.5 Å². The summed E-state index contributed by atoms with van der Waals surface area (Å²) in [6, 6.07) is 9.21. The second-order valence-corrected chi connectivity index (χ2v) is 8.33. The monoisotopic (exact) mass is 468 g/mol. The average Bonchev–Trinajstić information content (AvgIpc) is 3.40. The Morgan fingerprint density at radius 2 is 1.85 bits per heavy atom. The van der Waals surface area contributed by atoms with Crippen LogP contribution in [0.4, 0.5) is 0 Å². The predicted molar refractivity (Wildman–Crippen MR) is 124 cm³/mol. The molecule has 34 heavy (non-hydrogen) atoms. The van der Waals surface area contributed by atoms with Crippen LogP contribution in [0.2, 0.25) is 0 Å². The van der Waals surface area contributed by atoms with E-state index in [4.69, 9.17) is 18.9 Å². The number of carbonyl (C=O) groups excluding carboxylic acids is 2. The molecule has 2 heterocycles. The highest BCUT2D eigenvalue weighted by Crippen LogP contribution is 2.44. The highest BCUT2D eigenvalue weighted by molar-refractivity contribution is 6.46. The molecule has 2 aliphatic rings. The Morgan fingerprint density at radius 1 is 1.09 bits per heavy atom. The zero-order chi connectivity index (χ0) is 24.4. The molecule has 1 fully saturated rings. The summed E-state index contributed by atoms with van der Waals surface area (Å²) in [4.78, 5) is 29.9. The summed E-state index contributed by atoms with van der Waals surface area (Å²) in [6.07, 6.45) is 0.646. The lowest BCUT2D eigenvalue weighted by Gasteiger charge is -2.27. The van der Waals surface area contributed by atoms with Gasteiger partial charge in [-0.1, -0.05) is 0 Å². The van der Waals surface area contributed by atoms with Gasteiger partial charge in [-0.3, -0.25) is 9.59 Å². The molecule has 0 aliphatic carbocycles. The number of hydrogen-bond donors (Lipinski definition) is 1. The fraction of sp³-hybridized carbons (Fsp3) is 0.360. The molecule has 1 N–H and O–H groups in total. The molecule has 2 aliphatic heterocycles. The quantitative estimate of drug-likeness (QED) is 0.359. The van der Waals surface area contributed by atoms with Crippen molar-refractivity contribution in [3.63, 3.8) is 0 Å². The second-order valence-electron chi connectivity index (χ2n) is 8.33. The van der Waals surface area contributed by atoms with Gasteiger partial charge in [0.2, 0.25) is 6.79 Å². The van der Waals surface area contributed by atoms with Gasteiger partial charge in [-0.2, -0.15) is 0 Å². The molecule has 2 aromatic rings. The van der Waals surface area contributed by atoms with E-state index in [1.165, 1.54) is 19.1 Å². The summed E-state index contributed by atoms with van der Waals surface area (Å²) in [6.45, 7) is 1.13. The topological polar surface area (TPSA) is 97.8 Å². The van der Waals surface area contributed by atoms with Crippen molar-refractivity contribution in [2.45, 2.75) is 12.5 Å². The maximum atomic E-state index is 13.3. The van der Waals surface area contributed by atoms with E-state index in [0.29, 0.717) is 47.1 Å². The molecule has 0 spiro atoms. The lowest BCUT2D eigenvalue weighted by molar-refractivity contribution is -0.140. The van der Waals surface area contributed by atoms with Crippen LogP contribution in [0, 0.1) is 0 Å². The van der Waals surface area contributed by atoms with Gasteiger partial charge in [0, 0.05) is 17.7 Å². The van der Waals surface area contributed by atoms with E-state index >= 15 is 0 Å². The van der Waals surface area contributed by atoms with Crippen LogP contribution in [0.3, 0.4) is 0 Å². The third-order valence-corrected chi connectivity index (χ3v) is 5.92. The fourth-order valence-corrected chi connectivity index (χ4v) is 4.24. The van der Waals surface area contributed by atoms with Gasteiger partial charge in [0.1, 0.15) is 17.3 Å². The van der Waals surface area contributed by atoms with Gasteiger partial charge in [0.25, 0.3) is 11.7 Å². The molecule has 0 aromatic heterocycles. The SMILES string of the molecule is COc1ccc(OC)c([C@@H]2C(=C(O)c3ccc4c(c3)OCO4)C(=O)C(=O)N2CCCN(C)C)c1. The van der Waals surface area contributed by atoms with Crippen molar-refractivity contribution in [3.05, 3.63) is 53.1 Å². The number of fused-ring (bicyclic) bond motifs is 1. The second kappa shape index (κ2) is 9.64. The molecular formula is C25H28N2O7. The summed E-state index contributed by atoms with van der Waals surface area (Å²) in [7, 11) is 6.93. The lowest BCUT2D eigenvalue weighted by atomic mass is 9.94. The van der Waals surface area contributed by atoms with E-state index in [9.17, 15) is 14.7 Å². The number of hydrogen-bond acceptors (Lipinski definition) is 8. The largest absolute Gasteiger partial charge is 0.507 e. The first-order chi connectivity index (χ1) is 16.3. The Labute approximate surface area is 198 Å². The first-order valence-corrected chi connectivity index (χ1v) is 10.9. The third-order valence-electron chi connectivity index (χ3n) is 5.92. The maximum Gasteiger partial charge on any atom is 0.295 e. The van der Waals surface area contributed by atoms with Gasteiger partial charge in [-0.25, -0.2) is 0 Å². The number of ketones is 1. The molecule has 0 saturated carbocycles. The van der Waals surface area contributed by atoms with E-state index in [1.807, 2.05) is 19.0 Å². The minimum absolute atomic E-state index is 0.0136. The maximum absolute atomic E-state index is 13.3. The zero-order valence-corrected chi connectivity index (χ0v) is 19.7. The van der Waals surface area contributed by atoms with E-state index in [2.05, 4.69) is 0 Å². The van der Waals surface area contributed by atoms with E-state index in [0.717, 1.165) is 6.54 Å². The van der Waals surface area contributed by atoms with E-state index < -0.39 is 17.7 Å². The van der Waals surface area contributed by atoms with Crippen LogP contribution >= 0.6 is 0 Å². The number of nitrogens with zero attached hydrogens (tertiary/aromatic N) is 2. The van der Waals surface area contributed by atoms with Crippen molar-refractivity contribution in [3.8, 4) is 23.0 Å². The molecule has 9 nitrogen and oxygen atoms in total. The number of methoxy groups -OCH3 is 2. The molecule has 0 unspecified atom stereocenters. The van der Waals surface area contributed by atoms with Crippen molar-refractivity contribution in [1.29, 1.82) is 0 Å². The minimum atomic E-state index is -0.849. The first-order valence-electron chi connectivity index (χ1n) is 10.9. The lowest BCUT2D eigenvalue weighted by Crippen LogP contribution is -2.32. The summed E-state index contributed by atoms with van der Waals surface area (Å²) < 4.78 is 21.7. The highest BCUT2D eigenvalue weighted by atomic mass is 16.7. The predicted octanol–water partition coefficient (Wildman–Crippen LogP) is 2.81. The molecule has 180 valence electrons. The molecular weight excluding hydrogens is 440 g/mol. The van der Waals surface area contributed by atoms with Crippen molar-refractivity contribution >= 4 is 17.4 Å². The third kappa shape index (κ3) is 4.26. The van der Waals surface area contributed by atoms with Crippen LogP contribution < -0.4 is 18.9 Å². The average molecular weight is 469 g/mol. The summed E-state index contributed by atoms with van der Waals surface area (Å²) in [5.74, 6) is 0.304. The summed E-state index contributed by atoms with van der Waals surface area (Å²) in [5.41, 5.74) is 0.885. The Morgan fingerprint density at radius 3 is 2.56 bits per heavy atom. The molecule has 2 aromatic carbocycles. The fourth-order valence-electron chi connectivity index (χ4n) is 4.24. The number of aliphatic hydroxyl groups is 1. The Bertz CT molecular complexity index is 1140. The van der Waals surface area contributed by atoms with Gasteiger partial charge >= 0.3 is 0 Å². The number of Topliss-reactive ketones (excluding diaryl/α,β-unsaturated/α-hetero) is 1. The van der Waals surface area contributed by atoms with E-state index in [1.54, 1.807) is 36.4 Å². The van der Waals surface area contributed by atoms with Crippen LogP contribution in [0.15, 0.2) is 42.0 Å². The van der Waals surface area contributed by atoms with Crippen LogP contribution in [-0.2, 0) is 9.59 Å². The van der Waals surface area contributed by atoms with Gasteiger partial charge < -0.3 is 33.9 Å². The highest BCUT2D eigenvalue weighted by Gasteiger charge is 2.47. The number of carbonyl (C=O) groups is 2. The van der Waals surface area contributed by atoms with Crippen LogP contribution in [0.5, 0.6) is 23.0 Å². The van der Waals surface area contributed by atoms with Crippen molar-refractivity contribution in [2.75, 3.05) is 48.2 Å². The van der Waals surface area contributed by atoms with Crippen LogP contribution in [0.25, 0.3) is 5.76 Å². The zero-order valence-electron chi connectivity index (χ0n) is 19.7. The number of amides is 1. The van der Waals surface area contributed by atoms with Gasteiger partial charge in [-0.15, -0.1) is 0 Å². The summed E-state index contributed by atoms with van der Waals surface area (Å²) in [5, 5.41) is 11.3. The molecule has 1 amide bonds. The van der Waals surface area contributed by atoms with Crippen molar-refractivity contribution in [1.82, 2.24) is 9.80 Å². The number of aliphatic hydroxyl groups excluding tert-OH is 1. The standard InChI is InChI=1S/C25H28N2O7/c1-26(2)10-5-11-27-22(17-13-16(31-3)7-9-18(17)32-4)21(24(29)25(27)30)23(28)15-6-8-19-20(12-15)34-14-33-19/h6-9,12-13,22,28H,5,10-11,14H2,1-4H3/t22-/m1/s1. The normalized spacial score (nSPS) is 18.6. The van der Waals surface area contributed by atoms with Crippen LogP contribution in [0.1, 0.15) is 23.6 Å². The molecule has 1 atom stereocenters. The van der Waals surface area contributed by atoms with Crippen LogP contribution in [-0.4, -0.2) is 74.8 Å². The van der Waals surface area contributed by atoms with Crippen molar-refractivity contribution < 1.29 is 33.6 Å². The molecule has 1 saturated heterocycles. The molecule has 4 rings (SSSR count). The van der Waals surface area contributed by atoms with Crippen molar-refractivity contribution in [2.24, 2.45) is 0 Å². The first kappa shape index (κ1) is 23.4. The number of likely N-dealkylation sites (tertiary alicyclic amines) is 1. The Kier molecular flexibility index (Phi) is 6.65. The molecule has 9 heteroatoms. The number of benzene rings is 2. The van der Waals surface area contributed by atoms with Gasteiger partial charge in [0.05, 0.1) is 25.8 Å².